The van der Waals surface area contributed by atoms with Gasteiger partial charge in [0, 0.05) is 6.54 Å². The Morgan fingerprint density at radius 3 is 2.92 bits per heavy atom. The Balaban J connectivity index is 2.91. The lowest BCUT2D eigenvalue weighted by Gasteiger charge is -2.18. The SMILES string of the molecule is CNCC1(C=O)C=CC=C(C)C=C1. The molecule has 13 heavy (non-hydrogen) atoms. The Bertz CT molecular complexity index is 276. The summed E-state index contributed by atoms with van der Waals surface area (Å²) in [4.78, 5) is 11.0. The van der Waals surface area contributed by atoms with Gasteiger partial charge in [-0.05, 0) is 14.0 Å². The van der Waals surface area contributed by atoms with Crippen molar-refractivity contribution in [1.82, 2.24) is 5.32 Å². The van der Waals surface area contributed by atoms with Gasteiger partial charge < -0.3 is 10.1 Å². The third kappa shape index (κ3) is 2.39. The Labute approximate surface area is 79.0 Å². The van der Waals surface area contributed by atoms with E-state index in [-0.39, 0.29) is 0 Å². The molecule has 1 aliphatic carbocycles. The summed E-state index contributed by atoms with van der Waals surface area (Å²) in [5.74, 6) is 0. The summed E-state index contributed by atoms with van der Waals surface area (Å²) >= 11 is 0. The van der Waals surface area contributed by atoms with Gasteiger partial charge in [-0.1, -0.05) is 36.0 Å². The van der Waals surface area contributed by atoms with Crippen molar-refractivity contribution in [3.05, 3.63) is 36.0 Å². The third-order valence-electron chi connectivity index (χ3n) is 2.12. The van der Waals surface area contributed by atoms with Crippen LogP contribution in [-0.2, 0) is 4.79 Å². The van der Waals surface area contributed by atoms with Gasteiger partial charge in [0.25, 0.3) is 0 Å². The minimum Gasteiger partial charge on any atom is -0.318 e. The lowest BCUT2D eigenvalue weighted by Crippen LogP contribution is -2.30. The van der Waals surface area contributed by atoms with Gasteiger partial charge in [-0.3, -0.25) is 0 Å². The second-order valence-electron chi connectivity index (χ2n) is 3.36. The van der Waals surface area contributed by atoms with Crippen LogP contribution in [0.5, 0.6) is 0 Å². The zero-order valence-electron chi connectivity index (χ0n) is 8.08. The highest BCUT2D eigenvalue weighted by molar-refractivity contribution is 5.67. The predicted octanol–water partition coefficient (Wildman–Crippen LogP) is 1.46. The van der Waals surface area contributed by atoms with Crippen LogP contribution in [0.4, 0.5) is 0 Å². The largest absolute Gasteiger partial charge is 0.318 e. The minimum atomic E-state index is -0.469. The van der Waals surface area contributed by atoms with E-state index in [4.69, 9.17) is 0 Å². The first-order chi connectivity index (χ1) is 6.22. The molecule has 0 radical (unpaired) electrons. The molecule has 0 fully saturated rings. The van der Waals surface area contributed by atoms with Gasteiger partial charge in [-0.25, -0.2) is 0 Å². The second-order valence-corrected chi connectivity index (χ2v) is 3.36. The molecule has 0 aromatic heterocycles. The molecule has 70 valence electrons. The number of nitrogens with one attached hydrogen (secondary N) is 1. The lowest BCUT2D eigenvalue weighted by molar-refractivity contribution is -0.112. The van der Waals surface area contributed by atoms with E-state index in [1.807, 2.05) is 44.4 Å². The van der Waals surface area contributed by atoms with Gasteiger partial charge in [-0.2, -0.15) is 0 Å². The van der Waals surface area contributed by atoms with Crippen molar-refractivity contribution in [3.63, 3.8) is 0 Å². The van der Waals surface area contributed by atoms with Crippen LogP contribution in [-0.4, -0.2) is 19.9 Å². The molecule has 1 rings (SSSR count). The third-order valence-corrected chi connectivity index (χ3v) is 2.12. The maximum atomic E-state index is 11.0. The Hall–Kier alpha value is -1.15. The molecule has 1 N–H and O–H groups in total. The maximum absolute atomic E-state index is 11.0. The molecule has 1 unspecified atom stereocenters. The topological polar surface area (TPSA) is 29.1 Å². The van der Waals surface area contributed by atoms with E-state index in [0.717, 1.165) is 11.9 Å². The minimum absolute atomic E-state index is 0.469. The summed E-state index contributed by atoms with van der Waals surface area (Å²) in [6.45, 7) is 2.66. The average molecular weight is 177 g/mol. The molecule has 0 saturated carbocycles. The van der Waals surface area contributed by atoms with E-state index in [9.17, 15) is 4.79 Å². The van der Waals surface area contributed by atoms with Crippen LogP contribution in [0.3, 0.4) is 0 Å². The van der Waals surface area contributed by atoms with Gasteiger partial charge >= 0.3 is 0 Å². The van der Waals surface area contributed by atoms with Gasteiger partial charge in [-0.15, -0.1) is 0 Å². The molecule has 0 bridgehead atoms. The fourth-order valence-electron chi connectivity index (χ4n) is 1.32. The number of aldehydes is 1. The molecule has 1 atom stereocenters. The van der Waals surface area contributed by atoms with E-state index in [0.29, 0.717) is 6.54 Å². The number of carbonyl (C=O) groups excluding carboxylic acids is 1. The molecule has 0 aliphatic heterocycles. The lowest BCUT2D eigenvalue weighted by atomic mass is 9.89. The van der Waals surface area contributed by atoms with E-state index >= 15 is 0 Å². The summed E-state index contributed by atoms with van der Waals surface area (Å²) in [7, 11) is 1.85. The Morgan fingerprint density at radius 2 is 2.31 bits per heavy atom. The summed E-state index contributed by atoms with van der Waals surface area (Å²) in [6, 6.07) is 0. The quantitative estimate of drug-likeness (QED) is 0.661. The first kappa shape index (κ1) is 9.93. The van der Waals surface area contributed by atoms with E-state index in [1.54, 1.807) is 0 Å². The van der Waals surface area contributed by atoms with Crippen LogP contribution in [0.2, 0.25) is 0 Å². The first-order valence-electron chi connectivity index (χ1n) is 4.39. The summed E-state index contributed by atoms with van der Waals surface area (Å²) in [6.07, 6.45) is 10.7. The van der Waals surface area contributed by atoms with Crippen molar-refractivity contribution in [2.45, 2.75) is 6.92 Å². The Kier molecular flexibility index (Phi) is 3.20. The van der Waals surface area contributed by atoms with E-state index in [1.165, 1.54) is 0 Å². The summed E-state index contributed by atoms with van der Waals surface area (Å²) in [5, 5.41) is 3.01. The highest BCUT2D eigenvalue weighted by Crippen LogP contribution is 2.21. The zero-order valence-corrected chi connectivity index (χ0v) is 8.08. The smallest absolute Gasteiger partial charge is 0.135 e. The second kappa shape index (κ2) is 4.19. The molecule has 0 aromatic carbocycles. The van der Waals surface area contributed by atoms with Crippen molar-refractivity contribution in [2.75, 3.05) is 13.6 Å². The van der Waals surface area contributed by atoms with Crippen molar-refractivity contribution in [2.24, 2.45) is 5.41 Å². The van der Waals surface area contributed by atoms with Crippen LogP contribution >= 0.6 is 0 Å². The molecule has 0 spiro atoms. The molecule has 1 aliphatic rings. The number of hydrogen-bond donors (Lipinski definition) is 1. The normalized spacial score (nSPS) is 26.8. The van der Waals surface area contributed by atoms with Gasteiger partial charge in [0.2, 0.25) is 0 Å². The summed E-state index contributed by atoms with van der Waals surface area (Å²) in [5.41, 5.74) is 0.694. The van der Waals surface area contributed by atoms with Crippen molar-refractivity contribution < 1.29 is 4.79 Å². The van der Waals surface area contributed by atoms with E-state index < -0.39 is 5.41 Å². The molecular weight excluding hydrogens is 162 g/mol. The number of carbonyl (C=O) groups is 1. The van der Waals surface area contributed by atoms with E-state index in [2.05, 4.69) is 5.32 Å². The van der Waals surface area contributed by atoms with Gasteiger partial charge in [0.15, 0.2) is 0 Å². The standard InChI is InChI=1S/C11H15NO/c1-10-4-3-6-11(9-13,7-5-10)8-12-2/h3-7,9,12H,8H2,1-2H3. The van der Waals surface area contributed by atoms with Crippen LogP contribution in [0.1, 0.15) is 6.92 Å². The average Bonchev–Trinajstić information content (AvgIpc) is 2.30. The highest BCUT2D eigenvalue weighted by Gasteiger charge is 2.22. The fraction of sp³-hybridized carbons (Fsp3) is 0.364. The van der Waals surface area contributed by atoms with Crippen LogP contribution < -0.4 is 5.32 Å². The van der Waals surface area contributed by atoms with Crippen molar-refractivity contribution >= 4 is 6.29 Å². The number of rotatable bonds is 3. The Morgan fingerprint density at radius 1 is 1.54 bits per heavy atom. The number of allylic oxidation sites excluding steroid dienone is 4. The van der Waals surface area contributed by atoms with Crippen LogP contribution in [0, 0.1) is 5.41 Å². The predicted molar refractivity (Wildman–Crippen MR) is 54.5 cm³/mol. The maximum Gasteiger partial charge on any atom is 0.135 e. The number of hydrogen-bond acceptors (Lipinski definition) is 2. The molecule has 0 saturated heterocycles. The first-order valence-corrected chi connectivity index (χ1v) is 4.39. The van der Waals surface area contributed by atoms with Gasteiger partial charge in [0.05, 0.1) is 5.41 Å². The van der Waals surface area contributed by atoms with Crippen LogP contribution in [0.25, 0.3) is 0 Å². The van der Waals surface area contributed by atoms with Crippen molar-refractivity contribution in [3.8, 4) is 0 Å². The van der Waals surface area contributed by atoms with Gasteiger partial charge in [0.1, 0.15) is 6.29 Å². The molecule has 2 nitrogen and oxygen atoms in total. The molecule has 0 heterocycles. The summed E-state index contributed by atoms with van der Waals surface area (Å²) < 4.78 is 0. The molecule has 0 amide bonds. The molecular formula is C11H15NO. The molecule has 2 heteroatoms. The zero-order chi connectivity index (χ0) is 9.73. The monoisotopic (exact) mass is 177 g/mol. The highest BCUT2D eigenvalue weighted by atomic mass is 16.1. The van der Waals surface area contributed by atoms with Crippen LogP contribution in [0.15, 0.2) is 36.0 Å². The fourth-order valence-corrected chi connectivity index (χ4v) is 1.32. The van der Waals surface area contributed by atoms with Crippen molar-refractivity contribution in [1.29, 1.82) is 0 Å². The molecule has 0 aromatic rings.